The van der Waals surface area contributed by atoms with Crippen molar-refractivity contribution in [2.45, 2.75) is 6.92 Å². The molecule has 3 heteroatoms. The van der Waals surface area contributed by atoms with E-state index in [-0.39, 0.29) is 0 Å². The Morgan fingerprint density at radius 1 is 1.46 bits per heavy atom. The van der Waals surface area contributed by atoms with Crippen LogP contribution in [0.4, 0.5) is 0 Å². The number of halogens is 1. The van der Waals surface area contributed by atoms with Gasteiger partial charge in [-0.3, -0.25) is 0 Å². The molecule has 0 aliphatic rings. The number of benzene rings is 1. The van der Waals surface area contributed by atoms with Gasteiger partial charge in [-0.05, 0) is 19.1 Å². The van der Waals surface area contributed by atoms with Crippen molar-refractivity contribution in [3.8, 4) is 6.07 Å². The van der Waals surface area contributed by atoms with Crippen molar-refractivity contribution in [2.75, 3.05) is 0 Å². The lowest BCUT2D eigenvalue weighted by Crippen LogP contribution is -1.74. The third kappa shape index (κ3) is 1.21. The highest BCUT2D eigenvalue weighted by molar-refractivity contribution is 7.19. The number of fused-ring (bicyclic) bond motifs is 1. The largest absolute Gasteiger partial charge is 0.192 e. The van der Waals surface area contributed by atoms with Crippen molar-refractivity contribution < 1.29 is 0 Å². The summed E-state index contributed by atoms with van der Waals surface area (Å²) in [5.41, 5.74) is 0.659. The second-order valence-corrected chi connectivity index (χ2v) is 4.40. The van der Waals surface area contributed by atoms with Gasteiger partial charge in [0.1, 0.15) is 0 Å². The molecule has 1 aromatic heterocycles. The van der Waals surface area contributed by atoms with Crippen LogP contribution >= 0.6 is 22.9 Å². The zero-order valence-corrected chi connectivity index (χ0v) is 8.54. The first-order valence-electron chi connectivity index (χ1n) is 3.81. The fourth-order valence-corrected chi connectivity index (χ4v) is 2.68. The number of rotatable bonds is 0. The minimum Gasteiger partial charge on any atom is -0.192 e. The Kier molecular flexibility index (Phi) is 1.99. The molecule has 0 aliphatic heterocycles. The Hall–Kier alpha value is -1.04. The highest BCUT2D eigenvalue weighted by Crippen LogP contribution is 2.36. The molecular weight excluding hydrogens is 202 g/mol. The van der Waals surface area contributed by atoms with Gasteiger partial charge in [0.15, 0.2) is 0 Å². The number of nitrogens with zero attached hydrogens (tertiary/aromatic N) is 1. The summed E-state index contributed by atoms with van der Waals surface area (Å²) in [5.74, 6) is 0. The Morgan fingerprint density at radius 2 is 2.23 bits per heavy atom. The fourth-order valence-electron chi connectivity index (χ4n) is 1.32. The summed E-state index contributed by atoms with van der Waals surface area (Å²) in [6.07, 6.45) is 0. The molecule has 0 aliphatic carbocycles. The first kappa shape index (κ1) is 8.55. The van der Waals surface area contributed by atoms with Gasteiger partial charge >= 0.3 is 0 Å². The standard InChI is InChI=1S/C10H6ClNS/c1-6-10(11)9-7(5-12)3-2-4-8(9)13-6/h2-4H,1H3. The van der Waals surface area contributed by atoms with Gasteiger partial charge in [0.2, 0.25) is 0 Å². The molecular formula is C10H6ClNS. The quantitative estimate of drug-likeness (QED) is 0.646. The molecule has 1 aromatic carbocycles. The zero-order valence-electron chi connectivity index (χ0n) is 6.97. The molecule has 2 aromatic rings. The van der Waals surface area contributed by atoms with Crippen LogP contribution in [0, 0.1) is 18.3 Å². The first-order chi connectivity index (χ1) is 6.24. The third-order valence-corrected chi connectivity index (χ3v) is 3.59. The predicted molar refractivity (Wildman–Crippen MR) is 56.3 cm³/mol. The van der Waals surface area contributed by atoms with Gasteiger partial charge in [0.25, 0.3) is 0 Å². The molecule has 0 saturated heterocycles. The number of aryl methyl sites for hydroxylation is 1. The third-order valence-electron chi connectivity index (χ3n) is 1.94. The van der Waals surface area contributed by atoms with E-state index in [0.29, 0.717) is 5.56 Å². The van der Waals surface area contributed by atoms with Gasteiger partial charge in [-0.25, -0.2) is 0 Å². The molecule has 1 nitrogen and oxygen atoms in total. The number of thiophene rings is 1. The first-order valence-corrected chi connectivity index (χ1v) is 5.01. The van der Waals surface area contributed by atoms with Crippen LogP contribution in [0.25, 0.3) is 10.1 Å². The minimum atomic E-state index is 0.659. The van der Waals surface area contributed by atoms with Crippen LogP contribution in [0.15, 0.2) is 18.2 Å². The van der Waals surface area contributed by atoms with Gasteiger partial charge in [-0.15, -0.1) is 11.3 Å². The average Bonchev–Trinajstić information content (AvgIpc) is 2.43. The maximum atomic E-state index is 8.87. The van der Waals surface area contributed by atoms with Crippen molar-refractivity contribution in [2.24, 2.45) is 0 Å². The number of hydrogen-bond acceptors (Lipinski definition) is 2. The highest BCUT2D eigenvalue weighted by Gasteiger charge is 2.09. The lowest BCUT2D eigenvalue weighted by molar-refractivity contribution is 1.51. The van der Waals surface area contributed by atoms with E-state index in [2.05, 4.69) is 6.07 Å². The van der Waals surface area contributed by atoms with E-state index in [4.69, 9.17) is 16.9 Å². The van der Waals surface area contributed by atoms with Crippen LogP contribution in [0.1, 0.15) is 10.4 Å². The summed E-state index contributed by atoms with van der Waals surface area (Å²) in [7, 11) is 0. The van der Waals surface area contributed by atoms with E-state index >= 15 is 0 Å². The summed E-state index contributed by atoms with van der Waals surface area (Å²) >= 11 is 7.71. The average molecular weight is 208 g/mol. The van der Waals surface area contributed by atoms with Crippen LogP contribution in [0.3, 0.4) is 0 Å². The van der Waals surface area contributed by atoms with Gasteiger partial charge < -0.3 is 0 Å². The molecule has 0 fully saturated rings. The molecule has 0 bridgehead atoms. The second-order valence-electron chi connectivity index (χ2n) is 2.76. The van der Waals surface area contributed by atoms with Crippen molar-refractivity contribution in [3.63, 3.8) is 0 Å². The lowest BCUT2D eigenvalue weighted by Gasteiger charge is -1.92. The van der Waals surface area contributed by atoms with E-state index < -0.39 is 0 Å². The topological polar surface area (TPSA) is 23.8 Å². The SMILES string of the molecule is Cc1sc2cccc(C#N)c2c1Cl. The summed E-state index contributed by atoms with van der Waals surface area (Å²) in [4.78, 5) is 1.07. The molecule has 0 spiro atoms. The van der Waals surface area contributed by atoms with Crippen LogP contribution in [-0.4, -0.2) is 0 Å². The van der Waals surface area contributed by atoms with Gasteiger partial charge in [0, 0.05) is 15.0 Å². The van der Waals surface area contributed by atoms with E-state index in [0.717, 1.165) is 20.0 Å². The molecule has 13 heavy (non-hydrogen) atoms. The van der Waals surface area contributed by atoms with Crippen LogP contribution < -0.4 is 0 Å². The summed E-state index contributed by atoms with van der Waals surface area (Å²) in [5, 5.41) is 10.5. The van der Waals surface area contributed by atoms with Gasteiger partial charge in [-0.2, -0.15) is 5.26 Å². The number of hydrogen-bond donors (Lipinski definition) is 0. The maximum absolute atomic E-state index is 8.87. The Balaban J connectivity index is 2.97. The van der Waals surface area contributed by atoms with Crippen molar-refractivity contribution >= 4 is 33.0 Å². The van der Waals surface area contributed by atoms with Crippen LogP contribution in [0.2, 0.25) is 5.02 Å². The molecule has 0 unspecified atom stereocenters. The zero-order chi connectivity index (χ0) is 9.42. The smallest absolute Gasteiger partial charge is 0.0999 e. The number of nitriles is 1. The maximum Gasteiger partial charge on any atom is 0.0999 e. The molecule has 2 rings (SSSR count). The van der Waals surface area contributed by atoms with E-state index in [1.54, 1.807) is 17.4 Å². The Bertz CT molecular complexity index is 507. The van der Waals surface area contributed by atoms with Crippen LogP contribution in [0.5, 0.6) is 0 Å². The second kappa shape index (κ2) is 3.02. The molecule has 1 heterocycles. The fraction of sp³-hybridized carbons (Fsp3) is 0.100. The van der Waals surface area contributed by atoms with Gasteiger partial charge in [-0.1, -0.05) is 17.7 Å². The molecule has 0 N–H and O–H groups in total. The molecule has 0 amide bonds. The Labute approximate surface area is 85.2 Å². The molecule has 64 valence electrons. The molecule has 0 radical (unpaired) electrons. The van der Waals surface area contributed by atoms with E-state index in [9.17, 15) is 0 Å². The van der Waals surface area contributed by atoms with E-state index in [1.807, 2.05) is 19.1 Å². The summed E-state index contributed by atoms with van der Waals surface area (Å²) in [6, 6.07) is 7.81. The van der Waals surface area contributed by atoms with Crippen molar-refractivity contribution in [3.05, 3.63) is 33.7 Å². The lowest BCUT2D eigenvalue weighted by atomic mass is 10.1. The van der Waals surface area contributed by atoms with Crippen molar-refractivity contribution in [1.82, 2.24) is 0 Å². The molecule has 0 atom stereocenters. The van der Waals surface area contributed by atoms with Crippen LogP contribution in [-0.2, 0) is 0 Å². The summed E-state index contributed by atoms with van der Waals surface area (Å²) in [6.45, 7) is 1.97. The predicted octanol–water partition coefficient (Wildman–Crippen LogP) is 3.73. The van der Waals surface area contributed by atoms with E-state index in [1.165, 1.54) is 0 Å². The van der Waals surface area contributed by atoms with Crippen molar-refractivity contribution in [1.29, 1.82) is 5.26 Å². The summed E-state index contributed by atoms with van der Waals surface area (Å²) < 4.78 is 1.08. The molecule has 0 saturated carbocycles. The minimum absolute atomic E-state index is 0.659. The monoisotopic (exact) mass is 207 g/mol. The normalized spacial score (nSPS) is 10.2. The highest BCUT2D eigenvalue weighted by atomic mass is 35.5. The Morgan fingerprint density at radius 3 is 2.92 bits per heavy atom. The van der Waals surface area contributed by atoms with Gasteiger partial charge in [0.05, 0.1) is 16.7 Å².